The van der Waals surface area contributed by atoms with Crippen LogP contribution in [-0.4, -0.2) is 16.1 Å². The molecule has 0 fully saturated rings. The predicted molar refractivity (Wildman–Crippen MR) is 89.1 cm³/mol. The Morgan fingerprint density at radius 2 is 2.10 bits per heavy atom. The number of rotatable bonds is 3. The van der Waals surface area contributed by atoms with Crippen molar-refractivity contribution in [3.63, 3.8) is 0 Å². The molecule has 0 aliphatic rings. The molecule has 0 spiro atoms. The molecule has 0 atom stereocenters. The average Bonchev–Trinajstić information content (AvgIpc) is 2.85. The highest BCUT2D eigenvalue weighted by molar-refractivity contribution is 9.10. The molecule has 1 aromatic heterocycles. The van der Waals surface area contributed by atoms with Gasteiger partial charge in [-0.2, -0.15) is 5.10 Å². The van der Waals surface area contributed by atoms with Gasteiger partial charge in [0.05, 0.1) is 0 Å². The third-order valence-corrected chi connectivity index (χ3v) is 3.41. The molecule has 0 bridgehead atoms. The van der Waals surface area contributed by atoms with Crippen molar-refractivity contribution >= 4 is 33.7 Å². The molecule has 0 aliphatic carbocycles. The number of nitrogens with one attached hydrogen (secondary N) is 2. The summed E-state index contributed by atoms with van der Waals surface area (Å²) in [5.74, 6) is 0.325. The maximum absolute atomic E-state index is 11.9. The highest BCUT2D eigenvalue weighted by Gasteiger charge is 2.16. The Labute approximate surface area is 132 Å². The lowest BCUT2D eigenvalue weighted by molar-refractivity contribution is -0.111. The van der Waals surface area contributed by atoms with Gasteiger partial charge in [0.1, 0.15) is 0 Å². The number of halogens is 1. The lowest BCUT2D eigenvalue weighted by Gasteiger charge is -2.14. The van der Waals surface area contributed by atoms with Crippen LogP contribution < -0.4 is 5.32 Å². The van der Waals surface area contributed by atoms with Crippen LogP contribution in [0.4, 0.5) is 5.82 Å². The lowest BCUT2D eigenvalue weighted by Crippen LogP contribution is -2.11. The second-order valence-corrected chi connectivity index (χ2v) is 6.71. The summed E-state index contributed by atoms with van der Waals surface area (Å²) in [7, 11) is 0. The zero-order valence-electron chi connectivity index (χ0n) is 12.3. The molecule has 1 amide bonds. The number of nitrogens with zero attached hydrogens (tertiary/aromatic N) is 1. The van der Waals surface area contributed by atoms with Crippen molar-refractivity contribution < 1.29 is 4.79 Å². The van der Waals surface area contributed by atoms with Crippen LogP contribution in [0.2, 0.25) is 0 Å². The van der Waals surface area contributed by atoms with E-state index >= 15 is 0 Å². The van der Waals surface area contributed by atoms with Crippen LogP contribution in [0, 0.1) is 0 Å². The third-order valence-electron chi connectivity index (χ3n) is 2.91. The molecular weight excluding hydrogens is 330 g/mol. The summed E-state index contributed by atoms with van der Waals surface area (Å²) in [6, 6.07) is 9.59. The normalized spacial score (nSPS) is 11.8. The van der Waals surface area contributed by atoms with Gasteiger partial charge >= 0.3 is 0 Å². The van der Waals surface area contributed by atoms with Gasteiger partial charge < -0.3 is 5.32 Å². The van der Waals surface area contributed by atoms with Gasteiger partial charge in [-0.1, -0.05) is 48.8 Å². The highest BCUT2D eigenvalue weighted by Crippen LogP contribution is 2.21. The van der Waals surface area contributed by atoms with Gasteiger partial charge in [-0.25, -0.2) is 0 Å². The molecule has 21 heavy (non-hydrogen) atoms. The van der Waals surface area contributed by atoms with Crippen LogP contribution in [0.3, 0.4) is 0 Å². The summed E-state index contributed by atoms with van der Waals surface area (Å²) in [5, 5.41) is 9.77. The standard InChI is InChI=1S/C16H18BrN3O/c1-16(2,3)13-10-14(20-19-13)18-15(21)8-7-11-5-4-6-12(17)9-11/h4-10H,1-3H3,(H2,18,19,20,21)/b8-7+. The molecule has 4 nitrogen and oxygen atoms in total. The van der Waals surface area contributed by atoms with Crippen molar-refractivity contribution in [3.8, 4) is 0 Å². The van der Waals surface area contributed by atoms with Crippen LogP contribution >= 0.6 is 15.9 Å². The number of carbonyl (C=O) groups is 1. The van der Waals surface area contributed by atoms with E-state index in [0.717, 1.165) is 15.7 Å². The van der Waals surface area contributed by atoms with Crippen LogP contribution in [0.15, 0.2) is 40.9 Å². The Kier molecular flexibility index (Phi) is 4.63. The molecule has 0 saturated heterocycles. The number of aromatic amines is 1. The number of hydrogen-bond donors (Lipinski definition) is 2. The number of H-pyrrole nitrogens is 1. The van der Waals surface area contributed by atoms with Crippen molar-refractivity contribution in [2.45, 2.75) is 26.2 Å². The molecule has 5 heteroatoms. The molecule has 0 radical (unpaired) electrons. The molecule has 2 N–H and O–H groups in total. The monoisotopic (exact) mass is 347 g/mol. The van der Waals surface area contributed by atoms with Gasteiger partial charge in [0.15, 0.2) is 5.82 Å². The fourth-order valence-corrected chi connectivity index (χ4v) is 2.14. The van der Waals surface area contributed by atoms with Gasteiger partial charge in [-0.05, 0) is 23.8 Å². The molecule has 1 aromatic carbocycles. The average molecular weight is 348 g/mol. The number of aromatic nitrogens is 2. The Hall–Kier alpha value is -1.88. The first-order valence-corrected chi connectivity index (χ1v) is 7.44. The van der Waals surface area contributed by atoms with Gasteiger partial charge in [0, 0.05) is 27.7 Å². The van der Waals surface area contributed by atoms with Crippen LogP contribution in [0.25, 0.3) is 6.08 Å². The van der Waals surface area contributed by atoms with E-state index in [1.807, 2.05) is 30.3 Å². The maximum Gasteiger partial charge on any atom is 0.249 e. The van der Waals surface area contributed by atoms with Crippen LogP contribution in [-0.2, 0) is 10.2 Å². The quantitative estimate of drug-likeness (QED) is 0.820. The second-order valence-electron chi connectivity index (χ2n) is 5.79. The smallest absolute Gasteiger partial charge is 0.249 e. The summed E-state index contributed by atoms with van der Waals surface area (Å²) in [6.45, 7) is 6.25. The van der Waals surface area contributed by atoms with E-state index < -0.39 is 0 Å². The summed E-state index contributed by atoms with van der Waals surface area (Å²) in [6.07, 6.45) is 3.25. The minimum absolute atomic E-state index is 0.0257. The lowest BCUT2D eigenvalue weighted by atomic mass is 9.92. The largest absolute Gasteiger partial charge is 0.306 e. The first-order chi connectivity index (χ1) is 9.84. The zero-order valence-corrected chi connectivity index (χ0v) is 13.9. The van der Waals surface area contributed by atoms with Gasteiger partial charge in [-0.3, -0.25) is 9.89 Å². The predicted octanol–water partition coefficient (Wildman–Crippen LogP) is 4.12. The Balaban J connectivity index is 2.00. The number of carbonyl (C=O) groups excluding carboxylic acids is 1. The van der Waals surface area contributed by atoms with Crippen LogP contribution in [0.5, 0.6) is 0 Å². The van der Waals surface area contributed by atoms with Crippen molar-refractivity contribution in [1.82, 2.24) is 10.2 Å². The summed E-state index contributed by atoms with van der Waals surface area (Å²) in [4.78, 5) is 11.9. The summed E-state index contributed by atoms with van der Waals surface area (Å²) < 4.78 is 0.979. The van der Waals surface area contributed by atoms with Gasteiger partial charge in [-0.15, -0.1) is 0 Å². The fraction of sp³-hybridized carbons (Fsp3) is 0.250. The van der Waals surface area contributed by atoms with E-state index in [0.29, 0.717) is 5.82 Å². The molecule has 110 valence electrons. The summed E-state index contributed by atoms with van der Waals surface area (Å²) in [5.41, 5.74) is 1.91. The van der Waals surface area contributed by atoms with Gasteiger partial charge in [0.25, 0.3) is 0 Å². The Morgan fingerprint density at radius 3 is 2.71 bits per heavy atom. The molecule has 0 aliphatic heterocycles. The maximum atomic E-state index is 11.9. The SMILES string of the molecule is CC(C)(C)c1cc(NC(=O)/C=C/c2cccc(Br)c2)n[nH]1. The third kappa shape index (κ3) is 4.56. The molecular formula is C16H18BrN3O. The number of amides is 1. The first kappa shape index (κ1) is 15.5. The molecule has 0 unspecified atom stereocenters. The fourth-order valence-electron chi connectivity index (χ4n) is 1.72. The Bertz CT molecular complexity index is 668. The van der Waals surface area contributed by atoms with Gasteiger partial charge in [0.2, 0.25) is 5.91 Å². The second kappa shape index (κ2) is 6.26. The molecule has 0 saturated carbocycles. The van der Waals surface area contributed by atoms with E-state index in [1.165, 1.54) is 6.08 Å². The number of hydrogen-bond acceptors (Lipinski definition) is 2. The zero-order chi connectivity index (χ0) is 15.5. The van der Waals surface area contributed by atoms with E-state index in [2.05, 4.69) is 52.2 Å². The van der Waals surface area contributed by atoms with E-state index in [-0.39, 0.29) is 11.3 Å². The topological polar surface area (TPSA) is 57.8 Å². The number of benzene rings is 1. The summed E-state index contributed by atoms with van der Waals surface area (Å²) >= 11 is 3.40. The van der Waals surface area contributed by atoms with Crippen molar-refractivity contribution in [2.24, 2.45) is 0 Å². The molecule has 2 rings (SSSR count). The Morgan fingerprint density at radius 1 is 1.33 bits per heavy atom. The molecule has 2 aromatic rings. The van der Waals surface area contributed by atoms with Crippen molar-refractivity contribution in [1.29, 1.82) is 0 Å². The minimum atomic E-state index is -0.207. The van der Waals surface area contributed by atoms with Crippen molar-refractivity contribution in [3.05, 3.63) is 52.1 Å². The van der Waals surface area contributed by atoms with Crippen molar-refractivity contribution in [2.75, 3.05) is 5.32 Å². The van der Waals surface area contributed by atoms with E-state index in [1.54, 1.807) is 6.08 Å². The van der Waals surface area contributed by atoms with E-state index in [4.69, 9.17) is 0 Å². The number of anilines is 1. The minimum Gasteiger partial charge on any atom is -0.306 e. The highest BCUT2D eigenvalue weighted by atomic mass is 79.9. The van der Waals surface area contributed by atoms with E-state index in [9.17, 15) is 4.79 Å². The molecule has 1 heterocycles. The van der Waals surface area contributed by atoms with Crippen LogP contribution in [0.1, 0.15) is 32.0 Å². The first-order valence-electron chi connectivity index (χ1n) is 6.65.